The Morgan fingerprint density at radius 1 is 1.40 bits per heavy atom. The SMILES string of the molecule is CC(C)(O)C1CC(Nc2ccnc(C[C@@H](F)C(C)(C)O)c2C(N)=O)C1. The first-order valence-electron chi connectivity index (χ1n) is 8.52. The van der Waals surface area contributed by atoms with Gasteiger partial charge in [-0.3, -0.25) is 9.78 Å². The van der Waals surface area contributed by atoms with E-state index in [9.17, 15) is 19.4 Å². The Kier molecular flexibility index (Phi) is 5.39. The van der Waals surface area contributed by atoms with Crippen molar-refractivity contribution in [3.8, 4) is 0 Å². The molecule has 0 aliphatic heterocycles. The number of rotatable bonds is 7. The van der Waals surface area contributed by atoms with Crippen LogP contribution >= 0.6 is 0 Å². The van der Waals surface area contributed by atoms with Gasteiger partial charge in [0.2, 0.25) is 0 Å². The van der Waals surface area contributed by atoms with Gasteiger partial charge in [0.25, 0.3) is 5.91 Å². The molecule has 0 radical (unpaired) electrons. The van der Waals surface area contributed by atoms with Crippen molar-refractivity contribution in [2.24, 2.45) is 11.7 Å². The van der Waals surface area contributed by atoms with Crippen LogP contribution in [0.3, 0.4) is 0 Å². The molecule has 0 spiro atoms. The average Bonchev–Trinajstić information content (AvgIpc) is 2.39. The number of alkyl halides is 1. The molecule has 25 heavy (non-hydrogen) atoms. The first-order chi connectivity index (χ1) is 11.4. The summed E-state index contributed by atoms with van der Waals surface area (Å²) in [6.07, 6.45) is 1.27. The summed E-state index contributed by atoms with van der Waals surface area (Å²) in [5, 5.41) is 23.0. The normalized spacial score (nSPS) is 22.2. The van der Waals surface area contributed by atoms with E-state index in [4.69, 9.17) is 5.73 Å². The molecule has 1 fully saturated rings. The number of primary amides is 1. The van der Waals surface area contributed by atoms with Gasteiger partial charge in [0.1, 0.15) is 6.17 Å². The Hall–Kier alpha value is -1.73. The second-order valence-corrected chi connectivity index (χ2v) is 8.03. The maximum Gasteiger partial charge on any atom is 0.252 e. The molecule has 2 rings (SSSR count). The number of aliphatic hydroxyl groups is 2. The number of pyridine rings is 1. The van der Waals surface area contributed by atoms with E-state index in [1.165, 1.54) is 20.0 Å². The van der Waals surface area contributed by atoms with Gasteiger partial charge in [-0.2, -0.15) is 0 Å². The molecule has 1 heterocycles. The van der Waals surface area contributed by atoms with Crippen LogP contribution < -0.4 is 11.1 Å². The van der Waals surface area contributed by atoms with E-state index in [-0.39, 0.29) is 29.6 Å². The first kappa shape index (κ1) is 19.6. The van der Waals surface area contributed by atoms with Crippen molar-refractivity contribution in [1.29, 1.82) is 0 Å². The number of nitrogens with one attached hydrogen (secondary N) is 1. The minimum atomic E-state index is -1.57. The number of halogens is 1. The van der Waals surface area contributed by atoms with E-state index >= 15 is 0 Å². The van der Waals surface area contributed by atoms with Crippen LogP contribution in [-0.4, -0.2) is 44.5 Å². The molecule has 1 aliphatic rings. The number of nitrogens with zero attached hydrogens (tertiary/aromatic N) is 1. The van der Waals surface area contributed by atoms with Crippen molar-refractivity contribution >= 4 is 11.6 Å². The Morgan fingerprint density at radius 3 is 2.48 bits per heavy atom. The van der Waals surface area contributed by atoms with Crippen LogP contribution in [0.25, 0.3) is 0 Å². The summed E-state index contributed by atoms with van der Waals surface area (Å²) >= 11 is 0. The highest BCUT2D eigenvalue weighted by Crippen LogP contribution is 2.38. The summed E-state index contributed by atoms with van der Waals surface area (Å²) in [5.74, 6) is -0.499. The van der Waals surface area contributed by atoms with Crippen LogP contribution in [0.1, 0.15) is 56.6 Å². The zero-order valence-corrected chi connectivity index (χ0v) is 15.2. The zero-order valence-electron chi connectivity index (χ0n) is 15.2. The van der Waals surface area contributed by atoms with Crippen LogP contribution in [0.4, 0.5) is 10.1 Å². The smallest absolute Gasteiger partial charge is 0.252 e. The van der Waals surface area contributed by atoms with Crippen molar-refractivity contribution in [1.82, 2.24) is 4.98 Å². The summed E-state index contributed by atoms with van der Waals surface area (Å²) in [6.45, 7) is 6.31. The van der Waals surface area contributed by atoms with Gasteiger partial charge in [-0.25, -0.2) is 4.39 Å². The van der Waals surface area contributed by atoms with E-state index in [1.807, 2.05) is 0 Å². The van der Waals surface area contributed by atoms with Crippen LogP contribution in [0.2, 0.25) is 0 Å². The fourth-order valence-corrected chi connectivity index (χ4v) is 3.01. The molecular weight excluding hydrogens is 325 g/mol. The van der Waals surface area contributed by atoms with E-state index < -0.39 is 23.3 Å². The van der Waals surface area contributed by atoms with Crippen molar-refractivity contribution in [2.45, 2.75) is 70.4 Å². The lowest BCUT2D eigenvalue weighted by molar-refractivity contribution is -0.0229. The van der Waals surface area contributed by atoms with Gasteiger partial charge in [0.05, 0.1) is 28.1 Å². The molecule has 7 heteroatoms. The minimum Gasteiger partial charge on any atom is -0.390 e. The van der Waals surface area contributed by atoms with E-state index in [0.717, 1.165) is 12.8 Å². The minimum absolute atomic E-state index is 0.111. The Labute approximate surface area is 147 Å². The predicted molar refractivity (Wildman–Crippen MR) is 94.1 cm³/mol. The third kappa shape index (κ3) is 4.67. The van der Waals surface area contributed by atoms with Gasteiger partial charge in [0, 0.05) is 18.7 Å². The second-order valence-electron chi connectivity index (χ2n) is 8.03. The first-order valence-corrected chi connectivity index (χ1v) is 8.52. The molecule has 1 saturated carbocycles. The third-order valence-electron chi connectivity index (χ3n) is 4.91. The molecular formula is C18H28FN3O3. The lowest BCUT2D eigenvalue weighted by Crippen LogP contribution is -2.46. The highest BCUT2D eigenvalue weighted by atomic mass is 19.1. The fourth-order valence-electron chi connectivity index (χ4n) is 3.01. The number of aromatic nitrogens is 1. The number of amides is 1. The third-order valence-corrected chi connectivity index (χ3v) is 4.91. The Morgan fingerprint density at radius 2 is 2.00 bits per heavy atom. The average molecular weight is 353 g/mol. The quantitative estimate of drug-likeness (QED) is 0.598. The molecule has 0 unspecified atom stereocenters. The number of nitrogens with two attached hydrogens (primary N) is 1. The van der Waals surface area contributed by atoms with E-state index in [1.54, 1.807) is 19.9 Å². The van der Waals surface area contributed by atoms with Crippen molar-refractivity contribution in [3.05, 3.63) is 23.5 Å². The van der Waals surface area contributed by atoms with Crippen molar-refractivity contribution < 1.29 is 19.4 Å². The molecule has 0 aromatic carbocycles. The molecule has 140 valence electrons. The van der Waals surface area contributed by atoms with E-state index in [0.29, 0.717) is 5.69 Å². The van der Waals surface area contributed by atoms with Gasteiger partial charge in [-0.15, -0.1) is 0 Å². The van der Waals surface area contributed by atoms with Gasteiger partial charge < -0.3 is 21.3 Å². The summed E-state index contributed by atoms with van der Waals surface area (Å²) in [5.41, 5.74) is 4.12. The number of anilines is 1. The zero-order chi connectivity index (χ0) is 19.0. The van der Waals surface area contributed by atoms with Crippen LogP contribution in [0.15, 0.2) is 12.3 Å². The lowest BCUT2D eigenvalue weighted by Gasteiger charge is -2.43. The standard InChI is InChI=1S/C18H28FN3O3/c1-17(2,24)10-7-11(8-10)22-12-5-6-21-13(15(12)16(20)23)9-14(19)18(3,4)25/h5-6,10-11,14,24-25H,7-9H2,1-4H3,(H2,20,23)(H,21,22)/t10?,11?,14-/m1/s1. The monoisotopic (exact) mass is 353 g/mol. The lowest BCUT2D eigenvalue weighted by atomic mass is 9.71. The topological polar surface area (TPSA) is 108 Å². The van der Waals surface area contributed by atoms with Crippen LogP contribution in [0.5, 0.6) is 0 Å². The Bertz CT molecular complexity index is 631. The van der Waals surface area contributed by atoms with Crippen LogP contribution in [0, 0.1) is 5.92 Å². The summed E-state index contributed by atoms with van der Waals surface area (Å²) < 4.78 is 14.2. The van der Waals surface area contributed by atoms with Crippen LogP contribution in [-0.2, 0) is 6.42 Å². The highest BCUT2D eigenvalue weighted by Gasteiger charge is 2.39. The number of hydrogen-bond donors (Lipinski definition) is 4. The van der Waals surface area contributed by atoms with E-state index in [2.05, 4.69) is 10.3 Å². The van der Waals surface area contributed by atoms with Gasteiger partial charge in [-0.05, 0) is 52.5 Å². The predicted octanol–water partition coefficient (Wildman–Crippen LogP) is 1.79. The molecule has 0 bridgehead atoms. The summed E-state index contributed by atoms with van der Waals surface area (Å²) in [7, 11) is 0. The number of carbonyl (C=O) groups excluding carboxylic acids is 1. The molecule has 1 aliphatic carbocycles. The maximum absolute atomic E-state index is 14.2. The second kappa shape index (κ2) is 6.88. The van der Waals surface area contributed by atoms with Crippen molar-refractivity contribution in [3.63, 3.8) is 0 Å². The molecule has 1 aromatic rings. The highest BCUT2D eigenvalue weighted by molar-refractivity contribution is 5.99. The van der Waals surface area contributed by atoms with Gasteiger partial charge in [0.15, 0.2) is 0 Å². The largest absolute Gasteiger partial charge is 0.390 e. The molecule has 1 aromatic heterocycles. The fraction of sp³-hybridized carbons (Fsp3) is 0.667. The molecule has 1 amide bonds. The Balaban J connectivity index is 2.17. The van der Waals surface area contributed by atoms with Crippen molar-refractivity contribution in [2.75, 3.05) is 5.32 Å². The number of hydrogen-bond acceptors (Lipinski definition) is 5. The number of carbonyl (C=O) groups is 1. The summed E-state index contributed by atoms with van der Waals surface area (Å²) in [6, 6.07) is 1.75. The summed E-state index contributed by atoms with van der Waals surface area (Å²) in [4.78, 5) is 16.0. The van der Waals surface area contributed by atoms with Gasteiger partial charge in [-0.1, -0.05) is 0 Å². The van der Waals surface area contributed by atoms with Gasteiger partial charge >= 0.3 is 0 Å². The maximum atomic E-state index is 14.2. The molecule has 1 atom stereocenters. The molecule has 6 nitrogen and oxygen atoms in total. The molecule has 0 saturated heterocycles. The molecule has 5 N–H and O–H groups in total.